The molecule has 0 bridgehead atoms. The number of aromatic hydroxyl groups is 1. The molecule has 31 heavy (non-hydrogen) atoms. The maximum Gasteiger partial charge on any atom is 0.408 e. The van der Waals surface area contributed by atoms with Crippen molar-refractivity contribution in [1.82, 2.24) is 10.3 Å². The van der Waals surface area contributed by atoms with Gasteiger partial charge in [-0.15, -0.1) is 0 Å². The van der Waals surface area contributed by atoms with Crippen LogP contribution in [0.3, 0.4) is 0 Å². The lowest BCUT2D eigenvalue weighted by atomic mass is 9.97. The number of amides is 1. The number of hydrogen-bond donors (Lipinski definition) is 3. The van der Waals surface area contributed by atoms with Crippen LogP contribution in [0, 0.1) is 11.8 Å². The zero-order chi connectivity index (χ0) is 22.6. The number of anilines is 1. The summed E-state index contributed by atoms with van der Waals surface area (Å²) in [5, 5.41) is 15.2. The number of nitrogens with zero attached hydrogens (tertiary/aromatic N) is 1. The standard InChI is InChI=1S/C23H21N3O5/c1-23(2,3)31-22(30)25-11-4-6-14-12-15(27)8-9-17(14)26-18-13-19(28)20-16(21(18)29)7-5-10-24-20/h5,7-10,12-13,26-27H,11H2,1-3H3,(H,25,30). The fraction of sp³-hybridized carbons (Fsp3) is 0.217. The summed E-state index contributed by atoms with van der Waals surface area (Å²) < 4.78 is 5.13. The van der Waals surface area contributed by atoms with Gasteiger partial charge < -0.3 is 20.5 Å². The van der Waals surface area contributed by atoms with Crippen molar-refractivity contribution in [2.45, 2.75) is 26.4 Å². The van der Waals surface area contributed by atoms with E-state index in [4.69, 9.17) is 4.74 Å². The molecule has 0 saturated carbocycles. The predicted molar refractivity (Wildman–Crippen MR) is 114 cm³/mol. The van der Waals surface area contributed by atoms with Gasteiger partial charge in [0.1, 0.15) is 17.0 Å². The van der Waals surface area contributed by atoms with E-state index in [0.717, 1.165) is 0 Å². The normalized spacial score (nSPS) is 12.8. The van der Waals surface area contributed by atoms with Gasteiger partial charge in [-0.05, 0) is 51.1 Å². The third-order valence-corrected chi connectivity index (χ3v) is 4.02. The summed E-state index contributed by atoms with van der Waals surface area (Å²) in [5.41, 5.74) is 0.575. The van der Waals surface area contributed by atoms with E-state index in [1.54, 1.807) is 26.8 Å². The van der Waals surface area contributed by atoms with Crippen LogP contribution in [0.4, 0.5) is 10.5 Å². The Bertz CT molecular complexity index is 1150. The highest BCUT2D eigenvalue weighted by Crippen LogP contribution is 2.25. The number of pyridine rings is 1. The number of nitrogens with one attached hydrogen (secondary N) is 2. The number of Topliss-reactive ketones (excluding diaryl/α,β-unsaturated/α-hetero) is 1. The van der Waals surface area contributed by atoms with Gasteiger partial charge in [0.05, 0.1) is 29.1 Å². The van der Waals surface area contributed by atoms with Crippen molar-refractivity contribution < 1.29 is 24.2 Å². The maximum atomic E-state index is 12.7. The molecule has 1 amide bonds. The number of hydrogen-bond acceptors (Lipinski definition) is 7. The molecule has 1 aromatic carbocycles. The molecule has 0 aliphatic heterocycles. The SMILES string of the molecule is CC(C)(C)OC(=O)NCC#Cc1cc(O)ccc1NC1=CC(=O)c2ncccc2C1=O. The molecular weight excluding hydrogens is 398 g/mol. The number of allylic oxidation sites excluding steroid dienone is 2. The van der Waals surface area contributed by atoms with E-state index in [2.05, 4.69) is 27.5 Å². The molecule has 0 saturated heterocycles. The third kappa shape index (κ3) is 5.48. The van der Waals surface area contributed by atoms with Crippen LogP contribution in [-0.4, -0.2) is 39.9 Å². The molecular formula is C23H21N3O5. The number of phenols is 1. The lowest BCUT2D eigenvalue weighted by molar-refractivity contribution is 0.0534. The number of ether oxygens (including phenoxy) is 1. The molecule has 0 fully saturated rings. The number of carbonyl (C=O) groups is 3. The molecule has 8 heteroatoms. The van der Waals surface area contributed by atoms with Crippen molar-refractivity contribution in [2.24, 2.45) is 0 Å². The van der Waals surface area contributed by atoms with E-state index >= 15 is 0 Å². The minimum absolute atomic E-state index is 0.0170. The maximum absolute atomic E-state index is 12.7. The largest absolute Gasteiger partial charge is 0.508 e. The minimum Gasteiger partial charge on any atom is -0.508 e. The molecule has 158 valence electrons. The van der Waals surface area contributed by atoms with Gasteiger partial charge in [0.25, 0.3) is 0 Å². The first-order chi connectivity index (χ1) is 14.6. The third-order valence-electron chi connectivity index (χ3n) is 4.02. The summed E-state index contributed by atoms with van der Waals surface area (Å²) in [6.07, 6.45) is 2.04. The van der Waals surface area contributed by atoms with Crippen molar-refractivity contribution in [3.05, 3.63) is 65.1 Å². The Morgan fingerprint density at radius 2 is 2.00 bits per heavy atom. The minimum atomic E-state index is -0.619. The van der Waals surface area contributed by atoms with Crippen LogP contribution in [0.5, 0.6) is 5.75 Å². The van der Waals surface area contributed by atoms with E-state index in [0.29, 0.717) is 11.3 Å². The van der Waals surface area contributed by atoms with Gasteiger partial charge in [-0.3, -0.25) is 14.6 Å². The van der Waals surface area contributed by atoms with E-state index in [1.807, 2.05) is 0 Å². The second kappa shape index (κ2) is 8.71. The Kier molecular flexibility index (Phi) is 6.07. The number of benzene rings is 1. The highest BCUT2D eigenvalue weighted by Gasteiger charge is 2.26. The fourth-order valence-electron chi connectivity index (χ4n) is 2.75. The Labute approximate surface area is 179 Å². The van der Waals surface area contributed by atoms with Gasteiger partial charge in [-0.1, -0.05) is 11.8 Å². The molecule has 0 unspecified atom stereocenters. The van der Waals surface area contributed by atoms with Gasteiger partial charge >= 0.3 is 6.09 Å². The number of aromatic nitrogens is 1. The first-order valence-corrected chi connectivity index (χ1v) is 9.45. The van der Waals surface area contributed by atoms with Crippen LogP contribution >= 0.6 is 0 Å². The Balaban J connectivity index is 1.77. The molecule has 1 heterocycles. The summed E-state index contributed by atoms with van der Waals surface area (Å²) in [7, 11) is 0. The molecule has 0 radical (unpaired) electrons. The Hall–Kier alpha value is -4.12. The molecule has 3 rings (SSSR count). The molecule has 0 atom stereocenters. The number of carbonyl (C=O) groups excluding carboxylic acids is 3. The topological polar surface area (TPSA) is 118 Å². The van der Waals surface area contributed by atoms with Gasteiger partial charge in [0.2, 0.25) is 11.6 Å². The van der Waals surface area contributed by atoms with Crippen molar-refractivity contribution in [3.8, 4) is 17.6 Å². The van der Waals surface area contributed by atoms with Crippen LogP contribution in [-0.2, 0) is 4.74 Å². The van der Waals surface area contributed by atoms with E-state index in [-0.39, 0.29) is 40.8 Å². The van der Waals surface area contributed by atoms with Gasteiger partial charge in [-0.25, -0.2) is 4.79 Å². The monoisotopic (exact) mass is 419 g/mol. The van der Waals surface area contributed by atoms with Crippen LogP contribution in [0.2, 0.25) is 0 Å². The number of rotatable bonds is 3. The smallest absolute Gasteiger partial charge is 0.408 e. The molecule has 3 N–H and O–H groups in total. The Morgan fingerprint density at radius 3 is 2.74 bits per heavy atom. The van der Waals surface area contributed by atoms with E-state index in [9.17, 15) is 19.5 Å². The summed E-state index contributed by atoms with van der Waals surface area (Å²) in [6.45, 7) is 5.28. The zero-order valence-corrected chi connectivity index (χ0v) is 17.3. The molecule has 0 spiro atoms. The van der Waals surface area contributed by atoms with Crippen molar-refractivity contribution in [3.63, 3.8) is 0 Å². The first-order valence-electron chi connectivity index (χ1n) is 9.45. The van der Waals surface area contributed by atoms with Crippen molar-refractivity contribution in [1.29, 1.82) is 0 Å². The average molecular weight is 419 g/mol. The molecule has 1 aliphatic carbocycles. The lowest BCUT2D eigenvalue weighted by Crippen LogP contribution is -2.32. The summed E-state index contributed by atoms with van der Waals surface area (Å²) >= 11 is 0. The summed E-state index contributed by atoms with van der Waals surface area (Å²) in [5.74, 6) is 4.81. The highest BCUT2D eigenvalue weighted by atomic mass is 16.6. The zero-order valence-electron chi connectivity index (χ0n) is 17.3. The molecule has 1 aliphatic rings. The van der Waals surface area contributed by atoms with Gasteiger partial charge in [0, 0.05) is 12.3 Å². The number of alkyl carbamates (subject to hydrolysis) is 1. The average Bonchev–Trinajstić information content (AvgIpc) is 2.69. The quantitative estimate of drug-likeness (QED) is 0.517. The van der Waals surface area contributed by atoms with Crippen LogP contribution in [0.25, 0.3) is 0 Å². The van der Waals surface area contributed by atoms with Crippen molar-refractivity contribution in [2.75, 3.05) is 11.9 Å². The van der Waals surface area contributed by atoms with Gasteiger partial charge in [0.15, 0.2) is 0 Å². The second-order valence-corrected chi connectivity index (χ2v) is 7.66. The highest BCUT2D eigenvalue weighted by molar-refractivity contribution is 6.24. The molecule has 1 aromatic heterocycles. The summed E-state index contributed by atoms with van der Waals surface area (Å²) in [4.78, 5) is 40.7. The Morgan fingerprint density at radius 1 is 1.23 bits per heavy atom. The summed E-state index contributed by atoms with van der Waals surface area (Å²) in [6, 6.07) is 7.50. The predicted octanol–water partition coefficient (Wildman–Crippen LogP) is 3.04. The second-order valence-electron chi connectivity index (χ2n) is 7.66. The van der Waals surface area contributed by atoms with Crippen LogP contribution < -0.4 is 10.6 Å². The fourth-order valence-corrected chi connectivity index (χ4v) is 2.75. The number of phenolic OH excluding ortho intramolecular Hbond substituents is 1. The van der Waals surface area contributed by atoms with Gasteiger partial charge in [-0.2, -0.15) is 0 Å². The molecule has 2 aromatic rings. The van der Waals surface area contributed by atoms with E-state index < -0.39 is 11.7 Å². The van der Waals surface area contributed by atoms with E-state index in [1.165, 1.54) is 36.5 Å². The van der Waals surface area contributed by atoms with Crippen LogP contribution in [0.1, 0.15) is 47.2 Å². The number of fused-ring (bicyclic) bond motifs is 1. The first kappa shape index (κ1) is 21.6. The number of ketones is 2. The van der Waals surface area contributed by atoms with Crippen LogP contribution in [0.15, 0.2) is 48.3 Å². The van der Waals surface area contributed by atoms with Crippen molar-refractivity contribution >= 4 is 23.3 Å². The molecule has 8 nitrogen and oxygen atoms in total. The lowest BCUT2D eigenvalue weighted by Gasteiger charge is -2.19.